The second kappa shape index (κ2) is 11.8. The van der Waals surface area contributed by atoms with Crippen molar-refractivity contribution in [1.82, 2.24) is 0 Å². The van der Waals surface area contributed by atoms with E-state index in [9.17, 15) is 0 Å². The summed E-state index contributed by atoms with van der Waals surface area (Å²) in [4.78, 5) is 0. The van der Waals surface area contributed by atoms with Crippen LogP contribution in [0.3, 0.4) is 0 Å². The minimum atomic E-state index is -1.56. The summed E-state index contributed by atoms with van der Waals surface area (Å²) in [7, 11) is -1.56. The largest absolute Gasteiger partial charge is 4.00 e. The fraction of sp³-hybridized carbons (Fsp3) is 0.389. The summed E-state index contributed by atoms with van der Waals surface area (Å²) < 4.78 is 0. The van der Waals surface area contributed by atoms with Crippen molar-refractivity contribution in [2.75, 3.05) is 0 Å². The topological polar surface area (TPSA) is 0 Å². The zero-order valence-corrected chi connectivity index (χ0v) is 19.3. The molecule has 0 saturated carbocycles. The molecular formula is C18H25Cl3SiTi. The molecule has 0 aromatic heterocycles. The molecule has 0 spiro atoms. The number of aryl methyl sites for hydroxylation is 2. The van der Waals surface area contributed by atoms with Crippen LogP contribution in [0, 0.1) is 20.8 Å². The van der Waals surface area contributed by atoms with Gasteiger partial charge in [-0.3, -0.25) is 0 Å². The standard InChI is InChI=1S/C18H25Si.3ClH.Ti/c1-6-19(7-2,17-11-9-8-10-12-17)18-15(4)13-14(3)16(18)5;;;;/h8-13H,6-7H2,1-5H3;3*1H;/q-1;;;;+4/p-3. The Morgan fingerprint density at radius 1 is 0.870 bits per heavy atom. The molecule has 0 heterocycles. The monoisotopic (exact) mass is 422 g/mol. The van der Waals surface area contributed by atoms with Gasteiger partial charge in [0, 0.05) is 0 Å². The SMILES string of the molecule is CC[Si](CC)(c1ccccc1)[c-]1c(C)cc(C)c1C.[Cl-].[Cl-].[Cl-].[Ti+4]. The molecule has 0 bridgehead atoms. The first-order chi connectivity index (χ1) is 9.06. The maximum Gasteiger partial charge on any atom is 4.00 e. The van der Waals surface area contributed by atoms with Gasteiger partial charge in [-0.15, -0.1) is 5.19 Å². The Morgan fingerprint density at radius 3 is 1.70 bits per heavy atom. The molecule has 2 rings (SSSR count). The van der Waals surface area contributed by atoms with Crippen molar-refractivity contribution in [2.24, 2.45) is 0 Å². The normalized spacial score (nSPS) is 9.78. The van der Waals surface area contributed by atoms with Crippen molar-refractivity contribution in [3.05, 3.63) is 53.1 Å². The van der Waals surface area contributed by atoms with Gasteiger partial charge in [0.15, 0.2) is 0 Å². The van der Waals surface area contributed by atoms with Gasteiger partial charge in [0.2, 0.25) is 0 Å². The van der Waals surface area contributed by atoms with Gasteiger partial charge in [0.1, 0.15) is 0 Å². The zero-order chi connectivity index (χ0) is 14.0. The Morgan fingerprint density at radius 2 is 1.35 bits per heavy atom. The fourth-order valence-electron chi connectivity index (χ4n) is 3.65. The van der Waals surface area contributed by atoms with Gasteiger partial charge >= 0.3 is 21.7 Å². The summed E-state index contributed by atoms with van der Waals surface area (Å²) in [5, 5.41) is 3.29. The van der Waals surface area contributed by atoms with Crippen LogP contribution in [0.1, 0.15) is 30.5 Å². The van der Waals surface area contributed by atoms with Crippen molar-refractivity contribution < 1.29 is 58.9 Å². The number of halogens is 3. The molecule has 0 saturated heterocycles. The van der Waals surface area contributed by atoms with Gasteiger partial charge in [0.25, 0.3) is 0 Å². The predicted molar refractivity (Wildman–Crippen MR) is 88.7 cm³/mol. The van der Waals surface area contributed by atoms with E-state index in [4.69, 9.17) is 0 Å². The van der Waals surface area contributed by atoms with E-state index in [-0.39, 0.29) is 58.9 Å². The third-order valence-corrected chi connectivity index (χ3v) is 10.4. The molecule has 0 radical (unpaired) electrons. The van der Waals surface area contributed by atoms with Gasteiger partial charge < -0.3 is 37.2 Å². The van der Waals surface area contributed by atoms with Crippen LogP contribution in [0.4, 0.5) is 0 Å². The predicted octanol–water partition coefficient (Wildman–Crippen LogP) is -5.06. The second-order valence-corrected chi connectivity index (χ2v) is 10.3. The van der Waals surface area contributed by atoms with Crippen LogP contribution < -0.4 is 47.6 Å². The van der Waals surface area contributed by atoms with E-state index in [1.54, 1.807) is 10.4 Å². The van der Waals surface area contributed by atoms with Crippen LogP contribution in [0.15, 0.2) is 36.4 Å². The minimum Gasteiger partial charge on any atom is -1.00 e. The van der Waals surface area contributed by atoms with E-state index in [1.165, 1.54) is 28.8 Å². The zero-order valence-electron chi connectivity index (χ0n) is 14.5. The summed E-state index contributed by atoms with van der Waals surface area (Å²) in [6.45, 7) is 11.6. The maximum atomic E-state index is 2.38. The van der Waals surface area contributed by atoms with Crippen LogP contribution in [0.25, 0.3) is 0 Å². The van der Waals surface area contributed by atoms with E-state index in [2.05, 4.69) is 71.0 Å². The Kier molecular flexibility index (Phi) is 14.5. The van der Waals surface area contributed by atoms with Gasteiger partial charge in [-0.05, 0) is 0 Å². The first-order valence-corrected chi connectivity index (χ1v) is 9.77. The van der Waals surface area contributed by atoms with E-state index in [0.717, 1.165) is 0 Å². The average Bonchev–Trinajstić information content (AvgIpc) is 2.69. The van der Waals surface area contributed by atoms with Crippen LogP contribution in [0.2, 0.25) is 12.1 Å². The van der Waals surface area contributed by atoms with Crippen molar-refractivity contribution >= 4 is 18.4 Å². The second-order valence-electron chi connectivity index (χ2n) is 5.67. The van der Waals surface area contributed by atoms with Gasteiger partial charge in [-0.2, -0.15) is 16.7 Å². The summed E-state index contributed by atoms with van der Waals surface area (Å²) in [5.41, 5.74) is 4.51. The molecule has 0 aliphatic carbocycles. The number of benzene rings is 1. The van der Waals surface area contributed by atoms with Gasteiger partial charge in [0.05, 0.1) is 8.07 Å². The molecule has 0 aliphatic rings. The molecule has 0 N–H and O–H groups in total. The summed E-state index contributed by atoms with van der Waals surface area (Å²) in [6.07, 6.45) is 0. The molecule has 0 aliphatic heterocycles. The maximum absolute atomic E-state index is 2.38. The van der Waals surface area contributed by atoms with E-state index >= 15 is 0 Å². The smallest absolute Gasteiger partial charge is 1.00 e. The van der Waals surface area contributed by atoms with Crippen LogP contribution in [-0.4, -0.2) is 8.07 Å². The Hall–Kier alpha value is 0.371. The van der Waals surface area contributed by atoms with Crippen molar-refractivity contribution in [2.45, 2.75) is 46.7 Å². The summed E-state index contributed by atoms with van der Waals surface area (Å²) in [5.74, 6) is 0. The van der Waals surface area contributed by atoms with Gasteiger partial charge in [-0.1, -0.05) is 82.2 Å². The Balaban J connectivity index is -0.000001000. The molecule has 0 atom stereocenters. The van der Waals surface area contributed by atoms with Crippen LogP contribution in [0.5, 0.6) is 0 Å². The van der Waals surface area contributed by atoms with Crippen LogP contribution >= 0.6 is 0 Å². The number of rotatable bonds is 4. The van der Waals surface area contributed by atoms with E-state index in [0.29, 0.717) is 0 Å². The molecule has 126 valence electrons. The first-order valence-electron chi connectivity index (χ1n) is 7.36. The molecule has 0 nitrogen and oxygen atoms in total. The van der Waals surface area contributed by atoms with E-state index in [1.807, 2.05) is 0 Å². The molecule has 5 heteroatoms. The quantitative estimate of drug-likeness (QED) is 0.341. The molecule has 2 aromatic rings. The summed E-state index contributed by atoms with van der Waals surface area (Å²) >= 11 is 0. The minimum absolute atomic E-state index is 0. The number of hydrogen-bond acceptors (Lipinski definition) is 0. The first kappa shape index (κ1) is 28.2. The summed E-state index contributed by atoms with van der Waals surface area (Å²) in [6, 6.07) is 16.2. The number of hydrogen-bond donors (Lipinski definition) is 0. The van der Waals surface area contributed by atoms with Crippen molar-refractivity contribution in [3.63, 3.8) is 0 Å². The Bertz CT molecular complexity index is 563. The Labute approximate surface area is 176 Å². The third-order valence-electron chi connectivity index (χ3n) is 4.81. The molecule has 2 aromatic carbocycles. The fourth-order valence-corrected chi connectivity index (χ4v) is 8.53. The molecule has 0 amide bonds. The molecule has 23 heavy (non-hydrogen) atoms. The van der Waals surface area contributed by atoms with Gasteiger partial charge in [-0.25, -0.2) is 6.07 Å². The van der Waals surface area contributed by atoms with E-state index < -0.39 is 8.07 Å². The van der Waals surface area contributed by atoms with Crippen LogP contribution in [-0.2, 0) is 21.7 Å². The third kappa shape index (κ3) is 5.17. The average molecular weight is 424 g/mol. The molecular weight excluding hydrogens is 399 g/mol. The molecule has 0 fully saturated rings. The molecule has 0 unspecified atom stereocenters. The van der Waals surface area contributed by atoms with Crippen molar-refractivity contribution in [1.29, 1.82) is 0 Å². The van der Waals surface area contributed by atoms with Crippen molar-refractivity contribution in [3.8, 4) is 0 Å².